The van der Waals surface area contributed by atoms with Gasteiger partial charge in [0.15, 0.2) is 0 Å². The summed E-state index contributed by atoms with van der Waals surface area (Å²) in [5, 5.41) is 2.79. The van der Waals surface area contributed by atoms with Crippen LogP contribution in [0, 0.1) is 0 Å². The van der Waals surface area contributed by atoms with Gasteiger partial charge in [-0.3, -0.25) is 9.59 Å². The van der Waals surface area contributed by atoms with E-state index in [0.29, 0.717) is 32.5 Å². The lowest BCUT2D eigenvalue weighted by Crippen LogP contribution is -2.47. The Hall–Kier alpha value is -2.38. The molecule has 114 valence electrons. The molecule has 0 unspecified atom stereocenters. The Balaban J connectivity index is 1.86. The molecule has 1 aliphatic heterocycles. The Bertz CT molecular complexity index is 563. The third kappa shape index (κ3) is 3.80. The summed E-state index contributed by atoms with van der Waals surface area (Å²) in [5.74, 6) is -0.445. The van der Waals surface area contributed by atoms with Crippen molar-refractivity contribution in [1.29, 1.82) is 0 Å². The Morgan fingerprint density at radius 1 is 1.48 bits per heavy atom. The topological polar surface area (TPSA) is 104 Å². The zero-order valence-electron chi connectivity index (χ0n) is 11.8. The van der Waals surface area contributed by atoms with Crippen LogP contribution in [0.3, 0.4) is 0 Å². The average Bonchev–Trinajstić information content (AvgIpc) is 2.48. The van der Waals surface area contributed by atoms with E-state index in [1.807, 2.05) is 0 Å². The number of aromatic amines is 1. The highest BCUT2D eigenvalue weighted by molar-refractivity contribution is 5.93. The predicted octanol–water partition coefficient (Wildman–Crippen LogP) is 0.121. The molecule has 0 atom stereocenters. The second-order valence-corrected chi connectivity index (χ2v) is 4.73. The molecule has 2 amide bonds. The highest BCUT2D eigenvalue weighted by Crippen LogP contribution is 2.11. The SMILES string of the molecule is CCOC(=O)N1CCC(NC(=O)c2cnc[nH]c2=O)CC1. The number of piperidine rings is 1. The molecule has 1 saturated heterocycles. The molecule has 2 N–H and O–H groups in total. The quantitative estimate of drug-likeness (QED) is 0.824. The third-order valence-electron chi connectivity index (χ3n) is 3.32. The number of H-pyrrole nitrogens is 1. The summed E-state index contributed by atoms with van der Waals surface area (Å²) in [7, 11) is 0. The minimum atomic E-state index is -0.466. The van der Waals surface area contributed by atoms with Gasteiger partial charge >= 0.3 is 6.09 Å². The van der Waals surface area contributed by atoms with E-state index in [9.17, 15) is 14.4 Å². The first kappa shape index (κ1) is 15.0. The van der Waals surface area contributed by atoms with E-state index in [4.69, 9.17) is 4.74 Å². The van der Waals surface area contributed by atoms with Crippen molar-refractivity contribution in [2.75, 3.05) is 19.7 Å². The van der Waals surface area contributed by atoms with Gasteiger partial charge in [0.2, 0.25) is 0 Å². The number of rotatable bonds is 3. The van der Waals surface area contributed by atoms with Gasteiger partial charge in [-0.05, 0) is 19.8 Å². The van der Waals surface area contributed by atoms with E-state index >= 15 is 0 Å². The minimum absolute atomic E-state index is 0.00896. The van der Waals surface area contributed by atoms with Crippen molar-refractivity contribution in [3.05, 3.63) is 28.4 Å². The summed E-state index contributed by atoms with van der Waals surface area (Å²) < 4.78 is 4.93. The summed E-state index contributed by atoms with van der Waals surface area (Å²) >= 11 is 0. The lowest BCUT2D eigenvalue weighted by Gasteiger charge is -2.31. The molecular weight excluding hydrogens is 276 g/mol. The number of hydrogen-bond donors (Lipinski definition) is 2. The highest BCUT2D eigenvalue weighted by atomic mass is 16.6. The zero-order chi connectivity index (χ0) is 15.2. The zero-order valence-corrected chi connectivity index (χ0v) is 11.8. The van der Waals surface area contributed by atoms with E-state index in [1.165, 1.54) is 12.5 Å². The Morgan fingerprint density at radius 2 is 2.19 bits per heavy atom. The second-order valence-electron chi connectivity index (χ2n) is 4.73. The van der Waals surface area contributed by atoms with Gasteiger partial charge < -0.3 is 19.9 Å². The number of hydrogen-bond acceptors (Lipinski definition) is 5. The standard InChI is InChI=1S/C13H18N4O4/c1-2-21-13(20)17-5-3-9(4-6-17)16-12(19)10-7-14-8-15-11(10)18/h7-9H,2-6H2,1H3,(H,16,19)(H,14,15,18). The van der Waals surface area contributed by atoms with Crippen molar-refractivity contribution in [1.82, 2.24) is 20.2 Å². The molecule has 1 aromatic heterocycles. The maximum Gasteiger partial charge on any atom is 0.409 e. The molecule has 8 nitrogen and oxygen atoms in total. The third-order valence-corrected chi connectivity index (χ3v) is 3.32. The van der Waals surface area contributed by atoms with E-state index in [1.54, 1.807) is 11.8 Å². The number of nitrogens with zero attached hydrogens (tertiary/aromatic N) is 2. The summed E-state index contributed by atoms with van der Waals surface area (Å²) in [6.45, 7) is 3.15. The van der Waals surface area contributed by atoms with E-state index in [-0.39, 0.29) is 17.7 Å². The normalized spacial score (nSPS) is 15.6. The molecule has 21 heavy (non-hydrogen) atoms. The van der Waals surface area contributed by atoms with Gasteiger partial charge in [-0.25, -0.2) is 9.78 Å². The van der Waals surface area contributed by atoms with Crippen LogP contribution in [0.1, 0.15) is 30.1 Å². The Kier molecular flexibility index (Phi) is 4.91. The van der Waals surface area contributed by atoms with Crippen molar-refractivity contribution in [3.63, 3.8) is 0 Å². The first-order chi connectivity index (χ1) is 10.1. The number of carbonyl (C=O) groups is 2. The molecule has 0 aromatic carbocycles. The van der Waals surface area contributed by atoms with Crippen LogP contribution < -0.4 is 10.9 Å². The lowest BCUT2D eigenvalue weighted by atomic mass is 10.1. The largest absolute Gasteiger partial charge is 0.450 e. The summed E-state index contributed by atoms with van der Waals surface area (Å²) in [6.07, 6.45) is 3.40. The van der Waals surface area contributed by atoms with Crippen LogP contribution in [0.15, 0.2) is 17.3 Å². The van der Waals surface area contributed by atoms with Gasteiger partial charge in [-0.2, -0.15) is 0 Å². The predicted molar refractivity (Wildman–Crippen MR) is 73.9 cm³/mol. The number of amides is 2. The van der Waals surface area contributed by atoms with Gasteiger partial charge in [0.25, 0.3) is 11.5 Å². The van der Waals surface area contributed by atoms with Crippen LogP contribution in [-0.2, 0) is 4.74 Å². The number of ether oxygens (including phenoxy) is 1. The minimum Gasteiger partial charge on any atom is -0.450 e. The monoisotopic (exact) mass is 294 g/mol. The van der Waals surface area contributed by atoms with Gasteiger partial charge in [0.05, 0.1) is 12.9 Å². The molecule has 0 spiro atoms. The number of carbonyl (C=O) groups excluding carboxylic acids is 2. The molecule has 0 radical (unpaired) electrons. The molecule has 2 heterocycles. The average molecular weight is 294 g/mol. The van der Waals surface area contributed by atoms with E-state index in [2.05, 4.69) is 15.3 Å². The molecule has 1 aliphatic rings. The summed E-state index contributed by atoms with van der Waals surface area (Å²) in [4.78, 5) is 42.7. The molecule has 2 rings (SSSR count). The van der Waals surface area contributed by atoms with Crippen LogP contribution in [0.2, 0.25) is 0 Å². The van der Waals surface area contributed by atoms with Gasteiger partial charge in [-0.15, -0.1) is 0 Å². The second kappa shape index (κ2) is 6.87. The van der Waals surface area contributed by atoms with E-state index < -0.39 is 11.5 Å². The van der Waals surface area contributed by atoms with Crippen LogP contribution in [0.25, 0.3) is 0 Å². The van der Waals surface area contributed by atoms with Crippen LogP contribution in [0.4, 0.5) is 4.79 Å². The molecule has 0 aliphatic carbocycles. The molecule has 8 heteroatoms. The Morgan fingerprint density at radius 3 is 2.81 bits per heavy atom. The first-order valence-electron chi connectivity index (χ1n) is 6.87. The van der Waals surface area contributed by atoms with Crippen molar-refractivity contribution in [2.24, 2.45) is 0 Å². The molecule has 0 bridgehead atoms. The highest BCUT2D eigenvalue weighted by Gasteiger charge is 2.25. The van der Waals surface area contributed by atoms with Crippen LogP contribution in [-0.4, -0.2) is 52.6 Å². The van der Waals surface area contributed by atoms with Gasteiger partial charge in [-0.1, -0.05) is 0 Å². The number of nitrogens with one attached hydrogen (secondary N) is 2. The van der Waals surface area contributed by atoms with Crippen molar-refractivity contribution in [3.8, 4) is 0 Å². The van der Waals surface area contributed by atoms with E-state index in [0.717, 1.165) is 0 Å². The molecule has 0 saturated carbocycles. The molecule has 1 aromatic rings. The van der Waals surface area contributed by atoms with Gasteiger partial charge in [0.1, 0.15) is 5.56 Å². The lowest BCUT2D eigenvalue weighted by molar-refractivity contribution is 0.0859. The fraction of sp³-hybridized carbons (Fsp3) is 0.538. The Labute approximate surface area is 121 Å². The maximum absolute atomic E-state index is 12.0. The summed E-state index contributed by atoms with van der Waals surface area (Å²) in [6, 6.07) is -0.0669. The fourth-order valence-corrected chi connectivity index (χ4v) is 2.19. The maximum atomic E-state index is 12.0. The van der Waals surface area contributed by atoms with Crippen LogP contribution in [0.5, 0.6) is 0 Å². The molecular formula is C13H18N4O4. The van der Waals surface area contributed by atoms with Crippen molar-refractivity contribution >= 4 is 12.0 Å². The fourth-order valence-electron chi connectivity index (χ4n) is 2.19. The van der Waals surface area contributed by atoms with Crippen molar-refractivity contribution in [2.45, 2.75) is 25.8 Å². The number of likely N-dealkylation sites (tertiary alicyclic amines) is 1. The molecule has 1 fully saturated rings. The summed E-state index contributed by atoms with van der Waals surface area (Å²) in [5.41, 5.74) is -0.475. The van der Waals surface area contributed by atoms with Gasteiger partial charge in [0, 0.05) is 25.3 Å². The van der Waals surface area contributed by atoms with Crippen molar-refractivity contribution < 1.29 is 14.3 Å². The smallest absolute Gasteiger partial charge is 0.409 e. The van der Waals surface area contributed by atoms with Crippen LogP contribution >= 0.6 is 0 Å². The first-order valence-corrected chi connectivity index (χ1v) is 6.87. The number of aromatic nitrogens is 2.